The number of ether oxygens (including phenoxy) is 2. The van der Waals surface area contributed by atoms with Crippen LogP contribution in [-0.2, 0) is 11.3 Å². The van der Waals surface area contributed by atoms with E-state index in [4.69, 9.17) is 9.47 Å². The van der Waals surface area contributed by atoms with Crippen molar-refractivity contribution < 1.29 is 13.9 Å². The second-order valence-electron chi connectivity index (χ2n) is 10.4. The van der Waals surface area contributed by atoms with Crippen molar-refractivity contribution in [3.05, 3.63) is 65.1 Å². The van der Waals surface area contributed by atoms with Crippen molar-refractivity contribution >= 4 is 5.82 Å². The molecule has 2 aliphatic rings. The maximum absolute atomic E-state index is 14.8. The number of hydrogen-bond donors (Lipinski definition) is 0. The smallest absolute Gasteiger partial charge is 0.159 e. The number of aromatic nitrogens is 3. The molecule has 0 radical (unpaired) electrons. The molecule has 1 aliphatic heterocycles. The molecule has 2 aromatic carbocycles. The summed E-state index contributed by atoms with van der Waals surface area (Å²) in [4.78, 5) is 2.27. The first-order valence-electron chi connectivity index (χ1n) is 13.2. The molecule has 3 aromatic rings. The minimum atomic E-state index is -0.305. The summed E-state index contributed by atoms with van der Waals surface area (Å²) in [6.45, 7) is 6.19. The average molecular weight is 493 g/mol. The number of piperidine rings is 1. The number of rotatable bonds is 10. The predicted molar refractivity (Wildman–Crippen MR) is 139 cm³/mol. The van der Waals surface area contributed by atoms with Crippen LogP contribution in [0.25, 0.3) is 5.69 Å². The fourth-order valence-corrected chi connectivity index (χ4v) is 5.31. The van der Waals surface area contributed by atoms with Crippen LogP contribution < -0.4 is 9.64 Å². The Kier molecular flexibility index (Phi) is 7.56. The summed E-state index contributed by atoms with van der Waals surface area (Å²) in [6, 6.07) is 13.5. The zero-order valence-corrected chi connectivity index (χ0v) is 21.6. The molecule has 2 atom stereocenters. The lowest BCUT2D eigenvalue weighted by Gasteiger charge is -2.29. The highest BCUT2D eigenvalue weighted by molar-refractivity contribution is 5.51. The molecule has 1 saturated heterocycles. The zero-order valence-electron chi connectivity index (χ0n) is 21.6. The first kappa shape index (κ1) is 24.8. The van der Waals surface area contributed by atoms with Crippen molar-refractivity contribution in [3.8, 4) is 11.4 Å². The summed E-state index contributed by atoms with van der Waals surface area (Å²) in [5.74, 6) is 2.56. The normalized spacial score (nSPS) is 17.7. The van der Waals surface area contributed by atoms with Crippen molar-refractivity contribution in [1.29, 1.82) is 0 Å². The summed E-state index contributed by atoms with van der Waals surface area (Å²) in [5, 5.41) is 8.85. The number of benzene rings is 2. The molecule has 0 bridgehead atoms. The van der Waals surface area contributed by atoms with Crippen LogP contribution in [0.4, 0.5) is 10.2 Å². The predicted octanol–water partition coefficient (Wildman–Crippen LogP) is 6.20. The van der Waals surface area contributed by atoms with Crippen molar-refractivity contribution in [2.45, 2.75) is 71.0 Å². The highest BCUT2D eigenvalue weighted by Crippen LogP contribution is 2.45. The van der Waals surface area contributed by atoms with Crippen LogP contribution in [0.5, 0.6) is 5.75 Å². The molecular formula is C29H37FN4O2. The third-order valence-corrected chi connectivity index (χ3v) is 7.54. The number of anilines is 1. The van der Waals surface area contributed by atoms with Crippen LogP contribution in [0, 0.1) is 18.7 Å². The van der Waals surface area contributed by atoms with Gasteiger partial charge in [0, 0.05) is 20.2 Å². The van der Waals surface area contributed by atoms with Crippen LogP contribution in [0.1, 0.15) is 68.2 Å². The lowest BCUT2D eigenvalue weighted by molar-refractivity contribution is 0.102. The molecule has 1 saturated carbocycles. The van der Waals surface area contributed by atoms with E-state index in [1.807, 2.05) is 19.1 Å². The molecule has 0 amide bonds. The molecule has 1 aliphatic carbocycles. The van der Waals surface area contributed by atoms with Gasteiger partial charge in [-0.15, -0.1) is 5.10 Å². The molecule has 0 spiro atoms. The summed E-state index contributed by atoms with van der Waals surface area (Å²) in [6.07, 6.45) is 7.22. The minimum absolute atomic E-state index is 0.226. The van der Waals surface area contributed by atoms with Crippen LogP contribution in [0.3, 0.4) is 0 Å². The van der Waals surface area contributed by atoms with E-state index in [1.165, 1.54) is 30.9 Å². The molecule has 2 fully saturated rings. The number of hydrogen-bond acceptors (Lipinski definition) is 5. The number of methoxy groups -OCH3 is 1. The molecule has 1 aromatic heterocycles. The summed E-state index contributed by atoms with van der Waals surface area (Å²) in [7, 11) is 1.78. The van der Waals surface area contributed by atoms with Gasteiger partial charge in [0.1, 0.15) is 29.6 Å². The van der Waals surface area contributed by atoms with Crippen LogP contribution in [-0.4, -0.2) is 41.3 Å². The van der Waals surface area contributed by atoms with E-state index >= 15 is 0 Å². The van der Waals surface area contributed by atoms with E-state index in [1.54, 1.807) is 17.9 Å². The van der Waals surface area contributed by atoms with Crippen LogP contribution >= 0.6 is 0 Å². The Morgan fingerprint density at radius 2 is 1.89 bits per heavy atom. The first-order chi connectivity index (χ1) is 17.5. The average Bonchev–Trinajstić information content (AvgIpc) is 3.66. The second-order valence-corrected chi connectivity index (χ2v) is 10.4. The molecule has 6 nitrogen and oxygen atoms in total. The number of nitrogens with zero attached hydrogens (tertiary/aromatic N) is 4. The Morgan fingerprint density at radius 3 is 2.64 bits per heavy atom. The quantitative estimate of drug-likeness (QED) is 0.337. The van der Waals surface area contributed by atoms with Gasteiger partial charge in [-0.2, -0.15) is 4.68 Å². The van der Waals surface area contributed by atoms with Gasteiger partial charge in [-0.25, -0.2) is 4.39 Å². The fourth-order valence-electron chi connectivity index (χ4n) is 5.31. The van der Waals surface area contributed by atoms with Gasteiger partial charge >= 0.3 is 0 Å². The fraction of sp³-hybridized carbons (Fsp3) is 0.517. The maximum Gasteiger partial charge on any atom is 0.159 e. The summed E-state index contributed by atoms with van der Waals surface area (Å²) >= 11 is 0. The van der Waals surface area contributed by atoms with Gasteiger partial charge in [0.25, 0.3) is 0 Å². The largest absolute Gasteiger partial charge is 0.487 e. The van der Waals surface area contributed by atoms with Crippen molar-refractivity contribution in [1.82, 2.24) is 15.0 Å². The Morgan fingerprint density at radius 1 is 1.08 bits per heavy atom. The van der Waals surface area contributed by atoms with Crippen molar-refractivity contribution in [3.63, 3.8) is 0 Å². The monoisotopic (exact) mass is 492 g/mol. The van der Waals surface area contributed by atoms with Crippen LogP contribution in [0.15, 0.2) is 42.5 Å². The Labute approximate surface area is 213 Å². The topological polar surface area (TPSA) is 52.4 Å². The lowest BCUT2D eigenvalue weighted by atomic mass is 9.89. The first-order valence-corrected chi connectivity index (χ1v) is 13.2. The number of halogens is 1. The van der Waals surface area contributed by atoms with Gasteiger partial charge in [0.2, 0.25) is 0 Å². The third-order valence-electron chi connectivity index (χ3n) is 7.54. The number of aryl methyl sites for hydroxylation is 1. The van der Waals surface area contributed by atoms with Crippen molar-refractivity contribution in [2.24, 2.45) is 5.92 Å². The van der Waals surface area contributed by atoms with Gasteiger partial charge < -0.3 is 14.4 Å². The molecule has 36 heavy (non-hydrogen) atoms. The third kappa shape index (κ3) is 5.56. The SMILES string of the molecule is COC(C)C[C@H](c1cccc(OCc2nnn(-c3cc(C)ccc3F)c2N2CCCCC2)c1)C1CC1. The van der Waals surface area contributed by atoms with Crippen molar-refractivity contribution in [2.75, 3.05) is 25.1 Å². The van der Waals surface area contributed by atoms with Gasteiger partial charge in [0.05, 0.1) is 6.10 Å². The molecule has 1 unspecified atom stereocenters. The Hall–Kier alpha value is -2.93. The molecule has 7 heteroatoms. The van der Waals surface area contributed by atoms with E-state index in [2.05, 4.69) is 40.3 Å². The van der Waals surface area contributed by atoms with E-state index < -0.39 is 0 Å². The van der Waals surface area contributed by atoms with Crippen LogP contribution in [0.2, 0.25) is 0 Å². The van der Waals surface area contributed by atoms with E-state index in [0.717, 1.165) is 61.1 Å². The highest BCUT2D eigenvalue weighted by atomic mass is 19.1. The Bertz CT molecular complexity index is 1170. The maximum atomic E-state index is 14.8. The van der Waals surface area contributed by atoms with Gasteiger partial charge in [-0.1, -0.05) is 23.4 Å². The summed E-state index contributed by atoms with van der Waals surface area (Å²) in [5.41, 5.74) is 3.44. The Balaban J connectivity index is 1.40. The molecule has 192 valence electrons. The lowest BCUT2D eigenvalue weighted by Crippen LogP contribution is -2.32. The summed E-state index contributed by atoms with van der Waals surface area (Å²) < 4.78 is 28.3. The van der Waals surface area contributed by atoms with Gasteiger partial charge in [0.15, 0.2) is 5.82 Å². The second kappa shape index (κ2) is 11.0. The minimum Gasteiger partial charge on any atom is -0.487 e. The van der Waals surface area contributed by atoms with E-state index in [9.17, 15) is 4.39 Å². The van der Waals surface area contributed by atoms with Gasteiger partial charge in [-0.3, -0.25) is 0 Å². The molecule has 2 heterocycles. The standard InChI is InChI=1S/C29H37FN4O2/c1-20-10-13-26(30)28(16-20)34-29(33-14-5-4-6-15-33)27(31-32-34)19-36-24-9-7-8-23(18-24)25(22-11-12-22)17-21(2)35-3/h7-10,13,16,18,21-22,25H,4-6,11-12,14-15,17,19H2,1-3H3/t21?,25-/m0/s1. The molecular weight excluding hydrogens is 455 g/mol. The van der Waals surface area contributed by atoms with E-state index in [-0.39, 0.29) is 18.5 Å². The zero-order chi connectivity index (χ0) is 25.1. The van der Waals surface area contributed by atoms with E-state index in [0.29, 0.717) is 11.6 Å². The molecule has 5 rings (SSSR count). The molecule has 0 N–H and O–H groups in total. The van der Waals surface area contributed by atoms with Gasteiger partial charge in [-0.05, 0) is 99.6 Å². The highest BCUT2D eigenvalue weighted by Gasteiger charge is 2.33.